The molecule has 6 nitrogen and oxygen atoms in total. The molecule has 142 valence electrons. The van der Waals surface area contributed by atoms with E-state index in [2.05, 4.69) is 36.2 Å². The second-order valence-corrected chi connectivity index (χ2v) is 6.55. The molecule has 1 heterocycles. The largest absolute Gasteiger partial charge is 0.497 e. The van der Waals surface area contributed by atoms with E-state index >= 15 is 0 Å². The van der Waals surface area contributed by atoms with Crippen molar-refractivity contribution in [1.29, 1.82) is 0 Å². The van der Waals surface area contributed by atoms with Gasteiger partial charge in [0.25, 0.3) is 5.89 Å². The number of aromatic nitrogens is 2. The molecule has 0 spiro atoms. The zero-order valence-corrected chi connectivity index (χ0v) is 16.3. The van der Waals surface area contributed by atoms with Gasteiger partial charge in [-0.15, -0.1) is 0 Å². The predicted octanol–water partition coefficient (Wildman–Crippen LogP) is 2.53. The second-order valence-electron chi connectivity index (χ2n) is 6.55. The van der Waals surface area contributed by atoms with E-state index in [1.807, 2.05) is 30.3 Å². The number of nitrogens with zero attached hydrogens (tertiary/aromatic N) is 2. The van der Waals surface area contributed by atoms with Gasteiger partial charge in [0.05, 0.1) is 21.3 Å². The molecule has 3 aromatic rings. The van der Waals surface area contributed by atoms with Gasteiger partial charge in [-0.3, -0.25) is 0 Å². The van der Waals surface area contributed by atoms with Crippen molar-refractivity contribution in [3.63, 3.8) is 0 Å². The highest BCUT2D eigenvalue weighted by Gasteiger charge is 2.15. The van der Waals surface area contributed by atoms with Crippen molar-refractivity contribution in [2.24, 2.45) is 0 Å². The molecular weight excluding hydrogens is 342 g/mol. The fourth-order valence-corrected chi connectivity index (χ4v) is 2.98. The van der Waals surface area contributed by atoms with Crippen LogP contribution in [-0.2, 0) is 19.5 Å². The summed E-state index contributed by atoms with van der Waals surface area (Å²) in [6.45, 7) is 3.54. The Morgan fingerprint density at radius 1 is 1.00 bits per heavy atom. The van der Waals surface area contributed by atoms with Gasteiger partial charge in [0.2, 0.25) is 5.82 Å². The van der Waals surface area contributed by atoms with Gasteiger partial charge in [-0.2, -0.15) is 4.98 Å². The van der Waals surface area contributed by atoms with Crippen molar-refractivity contribution in [3.05, 3.63) is 59.5 Å². The third-order valence-electron chi connectivity index (χ3n) is 4.53. The Kier molecular flexibility index (Phi) is 6.08. The molecule has 0 saturated heterocycles. The summed E-state index contributed by atoms with van der Waals surface area (Å²) in [6, 6.07) is 14.1. The average molecular weight is 368 g/mol. The quantitative estimate of drug-likeness (QED) is 0.662. The SMILES string of the molecule is CCc1ccc(-c2noc(C[NH+](C)Cc3ccc(OC)cc3OC)n2)cc1. The van der Waals surface area contributed by atoms with Crippen LogP contribution < -0.4 is 14.4 Å². The molecular formula is C21H26N3O3+. The first-order valence-corrected chi connectivity index (χ1v) is 9.07. The van der Waals surface area contributed by atoms with Crippen LogP contribution in [0.2, 0.25) is 0 Å². The van der Waals surface area contributed by atoms with E-state index < -0.39 is 0 Å². The Labute approximate surface area is 159 Å². The normalized spacial score (nSPS) is 12.0. The lowest BCUT2D eigenvalue weighted by Gasteiger charge is -2.15. The van der Waals surface area contributed by atoms with Crippen LogP contribution in [0.15, 0.2) is 47.0 Å². The molecule has 0 aliphatic rings. The smallest absolute Gasteiger partial charge is 0.282 e. The minimum absolute atomic E-state index is 0.620. The Morgan fingerprint density at radius 3 is 2.44 bits per heavy atom. The van der Waals surface area contributed by atoms with Crippen LogP contribution in [0.5, 0.6) is 11.5 Å². The van der Waals surface area contributed by atoms with Crippen LogP contribution in [0, 0.1) is 0 Å². The lowest BCUT2D eigenvalue weighted by atomic mass is 10.1. The van der Waals surface area contributed by atoms with Crippen molar-refractivity contribution in [3.8, 4) is 22.9 Å². The van der Waals surface area contributed by atoms with Crippen molar-refractivity contribution in [2.45, 2.75) is 26.4 Å². The zero-order valence-electron chi connectivity index (χ0n) is 16.3. The Bertz CT molecular complexity index is 875. The van der Waals surface area contributed by atoms with Crippen molar-refractivity contribution >= 4 is 0 Å². The number of rotatable bonds is 8. The summed E-state index contributed by atoms with van der Waals surface area (Å²) >= 11 is 0. The predicted molar refractivity (Wildman–Crippen MR) is 103 cm³/mol. The van der Waals surface area contributed by atoms with Crippen LogP contribution >= 0.6 is 0 Å². The van der Waals surface area contributed by atoms with Gasteiger partial charge < -0.3 is 18.9 Å². The number of quaternary nitrogens is 1. The van der Waals surface area contributed by atoms with E-state index in [0.717, 1.165) is 35.6 Å². The Balaban J connectivity index is 1.66. The van der Waals surface area contributed by atoms with Gasteiger partial charge in [-0.1, -0.05) is 36.3 Å². The molecule has 0 bridgehead atoms. The molecule has 0 aliphatic heterocycles. The minimum atomic E-state index is 0.620. The molecule has 0 fully saturated rings. The lowest BCUT2D eigenvalue weighted by Crippen LogP contribution is -3.06. The molecule has 0 amide bonds. The maximum absolute atomic E-state index is 5.47. The van der Waals surface area contributed by atoms with E-state index in [0.29, 0.717) is 18.3 Å². The van der Waals surface area contributed by atoms with E-state index in [1.165, 1.54) is 10.5 Å². The molecule has 0 aliphatic carbocycles. The third-order valence-corrected chi connectivity index (χ3v) is 4.53. The molecule has 1 unspecified atom stereocenters. The van der Waals surface area contributed by atoms with E-state index in [-0.39, 0.29) is 0 Å². The topological polar surface area (TPSA) is 61.8 Å². The molecule has 1 aromatic heterocycles. The molecule has 3 rings (SSSR count). The van der Waals surface area contributed by atoms with Crippen LogP contribution in [0.1, 0.15) is 23.9 Å². The van der Waals surface area contributed by atoms with Gasteiger partial charge in [0.1, 0.15) is 18.0 Å². The van der Waals surface area contributed by atoms with Gasteiger partial charge in [-0.05, 0) is 24.1 Å². The Morgan fingerprint density at radius 2 is 1.78 bits per heavy atom. The number of benzene rings is 2. The maximum Gasteiger partial charge on any atom is 0.282 e. The third kappa shape index (κ3) is 4.65. The summed E-state index contributed by atoms with van der Waals surface area (Å²) in [5, 5.41) is 4.12. The van der Waals surface area contributed by atoms with Crippen LogP contribution in [0.3, 0.4) is 0 Å². The fourth-order valence-electron chi connectivity index (χ4n) is 2.98. The van der Waals surface area contributed by atoms with E-state index in [1.54, 1.807) is 14.2 Å². The molecule has 1 N–H and O–H groups in total. The summed E-state index contributed by atoms with van der Waals surface area (Å²) < 4.78 is 16.2. The summed E-state index contributed by atoms with van der Waals surface area (Å²) in [5.41, 5.74) is 3.36. The first-order chi connectivity index (χ1) is 13.1. The number of hydrogen-bond donors (Lipinski definition) is 1. The average Bonchev–Trinajstić information content (AvgIpc) is 3.16. The van der Waals surface area contributed by atoms with Gasteiger partial charge >= 0.3 is 0 Å². The minimum Gasteiger partial charge on any atom is -0.497 e. The standard InChI is InChI=1S/C21H25N3O3/c1-5-15-6-8-16(9-7-15)21-22-20(27-23-21)14-24(2)13-17-10-11-18(25-3)12-19(17)26-4/h6-12H,5,13-14H2,1-4H3/p+1. The number of ether oxygens (including phenoxy) is 2. The second kappa shape index (κ2) is 8.68. The van der Waals surface area contributed by atoms with Crippen LogP contribution in [0.25, 0.3) is 11.4 Å². The summed E-state index contributed by atoms with van der Waals surface area (Å²) in [6.07, 6.45) is 1.01. The molecule has 1 atom stereocenters. The zero-order chi connectivity index (χ0) is 19.2. The molecule has 0 radical (unpaired) electrons. The van der Waals surface area contributed by atoms with Crippen LogP contribution in [0.4, 0.5) is 0 Å². The van der Waals surface area contributed by atoms with Gasteiger partial charge in [0.15, 0.2) is 6.54 Å². The van der Waals surface area contributed by atoms with E-state index in [4.69, 9.17) is 14.0 Å². The Hall–Kier alpha value is -2.86. The highest BCUT2D eigenvalue weighted by Crippen LogP contribution is 2.24. The summed E-state index contributed by atoms with van der Waals surface area (Å²) in [4.78, 5) is 5.76. The maximum atomic E-state index is 5.47. The van der Waals surface area contributed by atoms with E-state index in [9.17, 15) is 0 Å². The highest BCUT2D eigenvalue weighted by molar-refractivity contribution is 5.54. The fraction of sp³-hybridized carbons (Fsp3) is 0.333. The molecule has 0 saturated carbocycles. The van der Waals surface area contributed by atoms with Crippen molar-refractivity contribution < 1.29 is 18.9 Å². The summed E-state index contributed by atoms with van der Waals surface area (Å²) in [5.74, 6) is 2.84. The van der Waals surface area contributed by atoms with Gasteiger partial charge in [0, 0.05) is 17.2 Å². The molecule has 27 heavy (non-hydrogen) atoms. The molecule has 2 aromatic carbocycles. The highest BCUT2D eigenvalue weighted by atomic mass is 16.5. The van der Waals surface area contributed by atoms with Crippen molar-refractivity contribution in [1.82, 2.24) is 10.1 Å². The molecule has 6 heteroatoms. The first kappa shape index (κ1) is 18.9. The summed E-state index contributed by atoms with van der Waals surface area (Å²) in [7, 11) is 5.40. The first-order valence-electron chi connectivity index (χ1n) is 9.07. The monoisotopic (exact) mass is 368 g/mol. The van der Waals surface area contributed by atoms with Gasteiger partial charge in [-0.25, -0.2) is 0 Å². The van der Waals surface area contributed by atoms with Crippen molar-refractivity contribution in [2.75, 3.05) is 21.3 Å². The number of nitrogens with one attached hydrogen (secondary N) is 1. The number of aryl methyl sites for hydroxylation is 1. The number of methoxy groups -OCH3 is 2. The van der Waals surface area contributed by atoms with Crippen LogP contribution in [-0.4, -0.2) is 31.4 Å². The number of hydrogen-bond acceptors (Lipinski definition) is 5. The lowest BCUT2D eigenvalue weighted by molar-refractivity contribution is -0.909.